The fourth-order valence-electron chi connectivity index (χ4n) is 2.31. The largest absolute Gasteiger partial charge is 0.394 e. The maximum atomic E-state index is 14.1. The lowest BCUT2D eigenvalue weighted by Crippen LogP contribution is -2.25. The van der Waals surface area contributed by atoms with Gasteiger partial charge in [0.15, 0.2) is 0 Å². The molecule has 0 saturated carbocycles. The average Bonchev–Trinajstić information content (AvgIpc) is 2.46. The molecule has 1 aromatic heterocycles. The van der Waals surface area contributed by atoms with Gasteiger partial charge in [-0.05, 0) is 25.0 Å². The first-order valence-corrected chi connectivity index (χ1v) is 7.16. The van der Waals surface area contributed by atoms with Crippen molar-refractivity contribution < 1.29 is 9.50 Å². The zero-order valence-electron chi connectivity index (χ0n) is 12.4. The smallest absolute Gasteiger partial charge is 0.222 e. The molecular formula is C15H21FN4O. The van der Waals surface area contributed by atoms with Crippen LogP contribution in [0.3, 0.4) is 0 Å². The second-order valence-electron chi connectivity index (χ2n) is 5.18. The first-order valence-electron chi connectivity index (χ1n) is 7.16. The maximum absolute atomic E-state index is 14.1. The van der Waals surface area contributed by atoms with E-state index in [1.807, 2.05) is 6.92 Å². The van der Waals surface area contributed by atoms with E-state index in [1.54, 1.807) is 6.07 Å². The molecule has 1 unspecified atom stereocenters. The van der Waals surface area contributed by atoms with E-state index in [9.17, 15) is 9.50 Å². The van der Waals surface area contributed by atoms with Crippen molar-refractivity contribution in [1.82, 2.24) is 9.97 Å². The molecule has 0 aliphatic rings. The van der Waals surface area contributed by atoms with Gasteiger partial charge in [-0.2, -0.15) is 4.98 Å². The van der Waals surface area contributed by atoms with Gasteiger partial charge >= 0.3 is 0 Å². The lowest BCUT2D eigenvalue weighted by Gasteiger charge is -2.18. The molecule has 0 spiro atoms. The standard InChI is InChI=1S/C15H21FN4O/c1-3-4-5-10(8-21)18-14-12-11(16)7-6-9(2)13(12)19-15(17)20-14/h6-7,10,21H,3-5,8H2,1-2H3,(H3,17,18,19,20). The van der Waals surface area contributed by atoms with E-state index < -0.39 is 5.82 Å². The third kappa shape index (κ3) is 3.39. The van der Waals surface area contributed by atoms with Crippen molar-refractivity contribution in [3.63, 3.8) is 0 Å². The summed E-state index contributed by atoms with van der Waals surface area (Å²) in [6, 6.07) is 2.87. The first kappa shape index (κ1) is 15.4. The number of aliphatic hydroxyl groups is 1. The molecule has 0 bridgehead atoms. The lowest BCUT2D eigenvalue weighted by atomic mass is 10.1. The number of hydrogen-bond donors (Lipinski definition) is 3. The highest BCUT2D eigenvalue weighted by Crippen LogP contribution is 2.27. The van der Waals surface area contributed by atoms with Crippen molar-refractivity contribution in [3.8, 4) is 0 Å². The van der Waals surface area contributed by atoms with Gasteiger partial charge in [0.05, 0.1) is 23.6 Å². The van der Waals surface area contributed by atoms with Crippen LogP contribution >= 0.6 is 0 Å². The quantitative estimate of drug-likeness (QED) is 0.762. The Morgan fingerprint density at radius 1 is 1.38 bits per heavy atom. The average molecular weight is 292 g/mol. The van der Waals surface area contributed by atoms with Crippen molar-refractivity contribution in [3.05, 3.63) is 23.5 Å². The summed E-state index contributed by atoms with van der Waals surface area (Å²) in [6.45, 7) is 3.88. The normalized spacial score (nSPS) is 12.6. The number of halogens is 1. The van der Waals surface area contributed by atoms with Crippen LogP contribution in [-0.2, 0) is 0 Å². The van der Waals surface area contributed by atoms with Gasteiger partial charge in [0.25, 0.3) is 0 Å². The van der Waals surface area contributed by atoms with E-state index in [0.717, 1.165) is 24.8 Å². The van der Waals surface area contributed by atoms with Gasteiger partial charge in [0.2, 0.25) is 5.95 Å². The topological polar surface area (TPSA) is 84.1 Å². The van der Waals surface area contributed by atoms with Crippen molar-refractivity contribution >= 4 is 22.7 Å². The van der Waals surface area contributed by atoms with Crippen molar-refractivity contribution in [2.45, 2.75) is 39.2 Å². The zero-order valence-corrected chi connectivity index (χ0v) is 12.4. The number of benzene rings is 1. The molecule has 0 amide bonds. The first-order chi connectivity index (χ1) is 10.1. The molecule has 0 aliphatic heterocycles. The fourth-order valence-corrected chi connectivity index (χ4v) is 2.31. The van der Waals surface area contributed by atoms with Gasteiger partial charge in [-0.1, -0.05) is 25.8 Å². The van der Waals surface area contributed by atoms with Crippen LogP contribution in [0.15, 0.2) is 12.1 Å². The molecule has 6 heteroatoms. The minimum Gasteiger partial charge on any atom is -0.394 e. The molecule has 114 valence electrons. The van der Waals surface area contributed by atoms with Crippen LogP contribution in [0, 0.1) is 12.7 Å². The second kappa shape index (κ2) is 6.67. The van der Waals surface area contributed by atoms with Crippen LogP contribution in [0.4, 0.5) is 16.2 Å². The molecular weight excluding hydrogens is 271 g/mol. The highest BCUT2D eigenvalue weighted by molar-refractivity contribution is 5.92. The molecule has 0 aliphatic carbocycles. The van der Waals surface area contributed by atoms with Crippen LogP contribution < -0.4 is 11.1 Å². The van der Waals surface area contributed by atoms with Crippen LogP contribution in [0.1, 0.15) is 31.7 Å². The van der Waals surface area contributed by atoms with Gasteiger partial charge in [-0.25, -0.2) is 9.37 Å². The monoisotopic (exact) mass is 292 g/mol. The second-order valence-corrected chi connectivity index (χ2v) is 5.18. The molecule has 0 fully saturated rings. The molecule has 2 aromatic rings. The third-order valence-corrected chi connectivity index (χ3v) is 3.49. The van der Waals surface area contributed by atoms with Gasteiger partial charge in [0, 0.05) is 0 Å². The van der Waals surface area contributed by atoms with Gasteiger partial charge in [0.1, 0.15) is 11.6 Å². The molecule has 0 radical (unpaired) electrons. The fraction of sp³-hybridized carbons (Fsp3) is 0.467. The Morgan fingerprint density at radius 3 is 2.81 bits per heavy atom. The number of fused-ring (bicyclic) bond motifs is 1. The summed E-state index contributed by atoms with van der Waals surface area (Å²) in [5.74, 6) is 0.0324. The molecule has 1 atom stereocenters. The van der Waals surface area contributed by atoms with E-state index in [4.69, 9.17) is 5.73 Å². The molecule has 2 rings (SSSR count). The minimum absolute atomic E-state index is 0.0428. The summed E-state index contributed by atoms with van der Waals surface area (Å²) in [5.41, 5.74) is 7.04. The number of nitrogens with one attached hydrogen (secondary N) is 1. The molecule has 4 N–H and O–H groups in total. The Balaban J connectivity index is 2.45. The Labute approximate surface area is 123 Å². The van der Waals surface area contributed by atoms with Crippen molar-refractivity contribution in [1.29, 1.82) is 0 Å². The summed E-state index contributed by atoms with van der Waals surface area (Å²) < 4.78 is 14.1. The lowest BCUT2D eigenvalue weighted by molar-refractivity contribution is 0.267. The van der Waals surface area contributed by atoms with Crippen LogP contribution in [0.2, 0.25) is 0 Å². The summed E-state index contributed by atoms with van der Waals surface area (Å²) in [4.78, 5) is 8.22. The Hall–Kier alpha value is -1.95. The molecule has 1 heterocycles. The molecule has 21 heavy (non-hydrogen) atoms. The van der Waals surface area contributed by atoms with Gasteiger partial charge in [-0.3, -0.25) is 0 Å². The van der Waals surface area contributed by atoms with E-state index >= 15 is 0 Å². The summed E-state index contributed by atoms with van der Waals surface area (Å²) in [7, 11) is 0. The Morgan fingerprint density at radius 2 is 2.14 bits per heavy atom. The van der Waals surface area contributed by atoms with Gasteiger partial charge in [-0.15, -0.1) is 0 Å². The predicted molar refractivity (Wildman–Crippen MR) is 82.7 cm³/mol. The summed E-state index contributed by atoms with van der Waals surface area (Å²) >= 11 is 0. The summed E-state index contributed by atoms with van der Waals surface area (Å²) in [6.07, 6.45) is 2.78. The minimum atomic E-state index is -0.398. The molecule has 5 nitrogen and oxygen atoms in total. The van der Waals surface area contributed by atoms with Crippen molar-refractivity contribution in [2.75, 3.05) is 17.7 Å². The highest BCUT2D eigenvalue weighted by Gasteiger charge is 2.16. The molecule has 1 aromatic carbocycles. The van der Waals surface area contributed by atoms with Gasteiger partial charge < -0.3 is 16.2 Å². The van der Waals surface area contributed by atoms with E-state index in [0.29, 0.717) is 16.7 Å². The SMILES string of the molecule is CCCCC(CO)Nc1nc(N)nc2c(C)ccc(F)c12. The zero-order chi connectivity index (χ0) is 15.4. The van der Waals surface area contributed by atoms with Crippen LogP contribution in [0.25, 0.3) is 10.9 Å². The predicted octanol–water partition coefficient (Wildman–Crippen LogP) is 2.62. The number of hydrogen-bond acceptors (Lipinski definition) is 5. The number of anilines is 2. The number of nitrogen functional groups attached to an aromatic ring is 1. The van der Waals surface area contributed by atoms with Crippen LogP contribution in [-0.4, -0.2) is 27.7 Å². The van der Waals surface area contributed by atoms with Crippen LogP contribution in [0.5, 0.6) is 0 Å². The third-order valence-electron chi connectivity index (χ3n) is 3.49. The number of rotatable bonds is 6. The Bertz CT molecular complexity index is 633. The number of unbranched alkanes of at least 4 members (excludes halogenated alkanes) is 1. The number of aliphatic hydroxyl groups excluding tert-OH is 1. The Kier molecular flexibility index (Phi) is 4.90. The van der Waals surface area contributed by atoms with E-state index in [-0.39, 0.29) is 18.6 Å². The number of nitrogens with zero attached hydrogens (tertiary/aromatic N) is 2. The highest BCUT2D eigenvalue weighted by atomic mass is 19.1. The summed E-state index contributed by atoms with van der Waals surface area (Å²) in [5, 5.41) is 12.9. The van der Waals surface area contributed by atoms with Crippen molar-refractivity contribution in [2.24, 2.45) is 0 Å². The number of aryl methyl sites for hydroxylation is 1. The van der Waals surface area contributed by atoms with E-state index in [1.165, 1.54) is 6.07 Å². The van der Waals surface area contributed by atoms with E-state index in [2.05, 4.69) is 22.2 Å². The molecule has 0 saturated heterocycles. The number of aromatic nitrogens is 2. The maximum Gasteiger partial charge on any atom is 0.222 e. The number of nitrogens with two attached hydrogens (primary N) is 1.